The molecule has 3 aromatic carbocycles. The zero-order valence-corrected chi connectivity index (χ0v) is 23.0. The summed E-state index contributed by atoms with van der Waals surface area (Å²) in [5, 5.41) is 6.11. The lowest BCUT2D eigenvalue weighted by Crippen LogP contribution is -2.38. The molecule has 3 aromatic rings. The average Bonchev–Trinajstić information content (AvgIpc) is 2.93. The molecule has 0 aromatic heterocycles. The van der Waals surface area contributed by atoms with E-state index in [-0.39, 0.29) is 11.8 Å². The highest BCUT2D eigenvalue weighted by Crippen LogP contribution is 2.33. The number of hydrogen-bond acceptors (Lipinski definition) is 5. The van der Waals surface area contributed by atoms with Gasteiger partial charge < -0.3 is 20.1 Å². The minimum Gasteiger partial charge on any atom is -0.493 e. The first kappa shape index (κ1) is 27.5. The van der Waals surface area contributed by atoms with Gasteiger partial charge in [0.2, 0.25) is 0 Å². The van der Waals surface area contributed by atoms with Gasteiger partial charge in [-0.25, -0.2) is 0 Å². The Morgan fingerprint density at radius 3 is 2.32 bits per heavy atom. The number of anilines is 1. The van der Waals surface area contributed by atoms with Gasteiger partial charge in [0.15, 0.2) is 11.5 Å². The first-order valence-corrected chi connectivity index (χ1v) is 13.1. The van der Waals surface area contributed by atoms with Crippen LogP contribution in [-0.2, 0) is 13.0 Å². The Labute approximate surface area is 229 Å². The molecule has 0 unspecified atom stereocenters. The Kier molecular flexibility index (Phi) is 8.92. The van der Waals surface area contributed by atoms with Crippen LogP contribution in [0.5, 0.6) is 11.5 Å². The number of methoxy groups -OCH3 is 2. The molecule has 2 amide bonds. The number of hydrogen-bond donors (Lipinski definition) is 2. The van der Waals surface area contributed by atoms with Gasteiger partial charge in [0.1, 0.15) is 0 Å². The predicted molar refractivity (Wildman–Crippen MR) is 151 cm³/mol. The van der Waals surface area contributed by atoms with Crippen LogP contribution >= 0.6 is 11.6 Å². The van der Waals surface area contributed by atoms with Crippen LogP contribution in [0.4, 0.5) is 5.69 Å². The highest BCUT2D eigenvalue weighted by Gasteiger charge is 2.21. The summed E-state index contributed by atoms with van der Waals surface area (Å²) in [5.41, 5.74) is 4.72. The highest BCUT2D eigenvalue weighted by atomic mass is 35.5. The molecule has 7 nitrogen and oxygen atoms in total. The number of ether oxygens (including phenoxy) is 2. The molecule has 2 N–H and O–H groups in total. The van der Waals surface area contributed by atoms with Crippen LogP contribution in [0.25, 0.3) is 0 Å². The lowest BCUT2D eigenvalue weighted by Gasteiger charge is -2.29. The fourth-order valence-corrected chi connectivity index (χ4v) is 4.82. The molecule has 0 atom stereocenters. The molecular weight excluding hydrogens is 502 g/mol. The van der Waals surface area contributed by atoms with Crippen molar-refractivity contribution in [3.8, 4) is 11.5 Å². The third-order valence-electron chi connectivity index (χ3n) is 6.85. The Morgan fingerprint density at radius 1 is 0.974 bits per heavy atom. The number of para-hydroxylation sites is 1. The van der Waals surface area contributed by atoms with Gasteiger partial charge in [-0.15, -0.1) is 0 Å². The molecule has 1 aliphatic rings. The number of nitrogens with one attached hydrogen (secondary N) is 2. The Hall–Kier alpha value is -3.55. The first-order valence-electron chi connectivity index (χ1n) is 12.7. The van der Waals surface area contributed by atoms with Crippen LogP contribution in [0.3, 0.4) is 0 Å². The van der Waals surface area contributed by atoms with Crippen molar-refractivity contribution < 1.29 is 19.1 Å². The molecule has 1 heterocycles. The Morgan fingerprint density at radius 2 is 1.66 bits per heavy atom. The van der Waals surface area contributed by atoms with Crippen LogP contribution in [0.15, 0.2) is 54.6 Å². The van der Waals surface area contributed by atoms with Crippen molar-refractivity contribution in [2.24, 2.45) is 0 Å². The minimum absolute atomic E-state index is 0.290. The molecule has 200 valence electrons. The third kappa shape index (κ3) is 6.29. The van der Waals surface area contributed by atoms with Gasteiger partial charge in [0.05, 0.1) is 30.5 Å². The zero-order chi connectivity index (χ0) is 27.2. The van der Waals surface area contributed by atoms with E-state index in [0.717, 1.165) is 30.8 Å². The van der Waals surface area contributed by atoms with Crippen molar-refractivity contribution >= 4 is 29.1 Å². The van der Waals surface area contributed by atoms with Crippen LogP contribution in [0, 0.1) is 0 Å². The topological polar surface area (TPSA) is 79.9 Å². The first-order chi connectivity index (χ1) is 18.3. The van der Waals surface area contributed by atoms with Crippen molar-refractivity contribution in [1.29, 1.82) is 0 Å². The standard InChI is InChI=1S/C30H34ClN3O4/c1-19(2)20-8-10-21(11-9-20)29(35)33-28-24(6-5-7-25(28)31)30(36)32-13-15-34-14-12-22-16-26(37-3)27(38-4)17-23(22)18-34/h5-11,16-17,19H,12-15,18H2,1-4H3,(H,32,36)(H,33,35). The summed E-state index contributed by atoms with van der Waals surface area (Å²) < 4.78 is 10.9. The van der Waals surface area contributed by atoms with Crippen LogP contribution in [0.1, 0.15) is 57.2 Å². The lowest BCUT2D eigenvalue weighted by molar-refractivity contribution is 0.0948. The second-order valence-corrected chi connectivity index (χ2v) is 10.1. The van der Waals surface area contributed by atoms with E-state index >= 15 is 0 Å². The van der Waals surface area contributed by atoms with E-state index in [4.69, 9.17) is 21.1 Å². The fourth-order valence-electron chi connectivity index (χ4n) is 4.60. The molecule has 0 saturated carbocycles. The molecule has 0 spiro atoms. The number of benzene rings is 3. The molecule has 0 radical (unpaired) electrons. The van der Waals surface area contributed by atoms with Crippen molar-refractivity contribution in [3.63, 3.8) is 0 Å². The Balaban J connectivity index is 1.37. The molecule has 0 bridgehead atoms. The van der Waals surface area contributed by atoms with Crippen molar-refractivity contribution in [2.45, 2.75) is 32.7 Å². The van der Waals surface area contributed by atoms with E-state index in [1.54, 1.807) is 44.6 Å². The molecule has 0 aliphatic carbocycles. The van der Waals surface area contributed by atoms with E-state index < -0.39 is 0 Å². The second-order valence-electron chi connectivity index (χ2n) is 9.65. The number of carbonyl (C=O) groups excluding carboxylic acids is 2. The van der Waals surface area contributed by atoms with Crippen molar-refractivity contribution in [3.05, 3.63) is 87.4 Å². The van der Waals surface area contributed by atoms with E-state index in [1.807, 2.05) is 24.3 Å². The molecule has 8 heteroatoms. The summed E-state index contributed by atoms with van der Waals surface area (Å²) >= 11 is 6.40. The van der Waals surface area contributed by atoms with E-state index in [1.165, 1.54) is 11.1 Å². The molecule has 0 fully saturated rings. The molecule has 0 saturated heterocycles. The summed E-state index contributed by atoms with van der Waals surface area (Å²) in [4.78, 5) is 28.3. The maximum Gasteiger partial charge on any atom is 0.255 e. The molecule has 1 aliphatic heterocycles. The van der Waals surface area contributed by atoms with E-state index in [2.05, 4.69) is 29.4 Å². The quantitative estimate of drug-likeness (QED) is 0.377. The smallest absolute Gasteiger partial charge is 0.255 e. The predicted octanol–water partition coefficient (Wildman–Crippen LogP) is 5.52. The third-order valence-corrected chi connectivity index (χ3v) is 7.16. The summed E-state index contributed by atoms with van der Waals surface area (Å²) in [6.07, 6.45) is 0.895. The molecular formula is C30H34ClN3O4. The van der Waals surface area contributed by atoms with Gasteiger partial charge >= 0.3 is 0 Å². The van der Waals surface area contributed by atoms with Crippen LogP contribution in [-0.4, -0.2) is 50.6 Å². The largest absolute Gasteiger partial charge is 0.493 e. The SMILES string of the molecule is COc1cc2c(cc1OC)CN(CCNC(=O)c1cccc(Cl)c1NC(=O)c1ccc(C(C)C)cc1)CC2. The summed E-state index contributed by atoms with van der Waals surface area (Å²) in [6, 6.07) is 16.5. The molecule has 38 heavy (non-hydrogen) atoms. The van der Waals surface area contributed by atoms with E-state index in [0.29, 0.717) is 46.6 Å². The highest BCUT2D eigenvalue weighted by molar-refractivity contribution is 6.35. The number of rotatable bonds is 9. The number of carbonyl (C=O) groups is 2. The normalized spacial score (nSPS) is 13.1. The van der Waals surface area contributed by atoms with Gasteiger partial charge in [-0.1, -0.05) is 43.6 Å². The number of fused-ring (bicyclic) bond motifs is 1. The van der Waals surface area contributed by atoms with Crippen LogP contribution < -0.4 is 20.1 Å². The van der Waals surface area contributed by atoms with Gasteiger partial charge in [0, 0.05) is 31.7 Å². The van der Waals surface area contributed by atoms with Crippen molar-refractivity contribution in [2.75, 3.05) is 39.2 Å². The summed E-state index contributed by atoms with van der Waals surface area (Å²) in [6.45, 7) is 6.99. The lowest BCUT2D eigenvalue weighted by atomic mass is 9.99. The zero-order valence-electron chi connectivity index (χ0n) is 22.3. The van der Waals surface area contributed by atoms with Gasteiger partial charge in [-0.3, -0.25) is 14.5 Å². The van der Waals surface area contributed by atoms with Crippen LogP contribution in [0.2, 0.25) is 5.02 Å². The maximum atomic E-state index is 13.1. The second kappa shape index (κ2) is 12.3. The summed E-state index contributed by atoms with van der Waals surface area (Å²) in [7, 11) is 3.28. The number of halogens is 1. The van der Waals surface area contributed by atoms with Gasteiger partial charge in [-0.2, -0.15) is 0 Å². The minimum atomic E-state index is -0.318. The summed E-state index contributed by atoms with van der Waals surface area (Å²) in [5.74, 6) is 1.22. The van der Waals surface area contributed by atoms with Gasteiger partial charge in [0.25, 0.3) is 11.8 Å². The monoisotopic (exact) mass is 535 g/mol. The average molecular weight is 536 g/mol. The fraction of sp³-hybridized carbons (Fsp3) is 0.333. The maximum absolute atomic E-state index is 13.1. The van der Waals surface area contributed by atoms with Gasteiger partial charge in [-0.05, 0) is 65.4 Å². The van der Waals surface area contributed by atoms with Crippen molar-refractivity contribution in [1.82, 2.24) is 10.2 Å². The molecule has 4 rings (SSSR count). The number of nitrogens with zero attached hydrogens (tertiary/aromatic N) is 1. The Bertz CT molecular complexity index is 1310. The number of amides is 2. The van der Waals surface area contributed by atoms with E-state index in [9.17, 15) is 9.59 Å².